The van der Waals surface area contributed by atoms with E-state index in [1.54, 1.807) is 0 Å². The Labute approximate surface area is 358 Å². The number of hydrogen-bond acceptors (Lipinski definition) is 2. The fourth-order valence-corrected chi connectivity index (χ4v) is 12.2. The Bertz CT molecular complexity index is 3890. The fraction of sp³-hybridized carbons (Fsp3) is 0.0345. The lowest BCUT2D eigenvalue weighted by atomic mass is 9.33. The van der Waals surface area contributed by atoms with Crippen LogP contribution >= 0.6 is 0 Å². The van der Waals surface area contributed by atoms with Gasteiger partial charge < -0.3 is 14.4 Å². The third kappa shape index (κ3) is 4.12. The molecule has 0 saturated heterocycles. The smallest absolute Gasteiger partial charge is 0.252 e. The van der Waals surface area contributed by atoms with E-state index in [9.17, 15) is 0 Å². The van der Waals surface area contributed by atoms with Crippen molar-refractivity contribution in [3.8, 4) is 5.69 Å². The van der Waals surface area contributed by atoms with Crippen LogP contribution in [-0.2, 0) is 0 Å². The Morgan fingerprint density at radius 2 is 1.11 bits per heavy atom. The van der Waals surface area contributed by atoms with E-state index >= 15 is 0 Å². The van der Waals surface area contributed by atoms with Gasteiger partial charge in [0.2, 0.25) is 0 Å². The molecular formula is C58H36BN3. The number of aromatic nitrogens is 1. The van der Waals surface area contributed by atoms with Gasteiger partial charge in [-0.1, -0.05) is 158 Å². The molecule has 0 saturated carbocycles. The summed E-state index contributed by atoms with van der Waals surface area (Å²) in [5, 5.41) is 13.1. The Morgan fingerprint density at radius 3 is 1.89 bits per heavy atom. The Morgan fingerprint density at radius 1 is 0.500 bits per heavy atom. The number of para-hydroxylation sites is 2. The van der Waals surface area contributed by atoms with E-state index in [4.69, 9.17) is 0 Å². The average Bonchev–Trinajstić information content (AvgIpc) is 3.88. The highest BCUT2D eigenvalue weighted by Crippen LogP contribution is 2.53. The van der Waals surface area contributed by atoms with E-state index in [-0.39, 0.29) is 12.8 Å². The highest BCUT2D eigenvalue weighted by molar-refractivity contribution is 7.00. The molecule has 3 nitrogen and oxygen atoms in total. The van der Waals surface area contributed by atoms with Gasteiger partial charge in [-0.25, -0.2) is 0 Å². The van der Waals surface area contributed by atoms with Crippen LogP contribution in [0.15, 0.2) is 194 Å². The van der Waals surface area contributed by atoms with Crippen LogP contribution in [0, 0.1) is 0 Å². The summed E-state index contributed by atoms with van der Waals surface area (Å²) >= 11 is 0. The lowest BCUT2D eigenvalue weighted by Crippen LogP contribution is -2.61. The van der Waals surface area contributed by atoms with Crippen molar-refractivity contribution in [2.45, 2.75) is 12.5 Å². The third-order valence-corrected chi connectivity index (χ3v) is 14.5. The molecule has 3 aliphatic heterocycles. The summed E-state index contributed by atoms with van der Waals surface area (Å²) in [7, 11) is 0. The van der Waals surface area contributed by atoms with Gasteiger partial charge in [0.15, 0.2) is 0 Å². The first-order valence-corrected chi connectivity index (χ1v) is 21.9. The minimum Gasteiger partial charge on any atom is -0.334 e. The van der Waals surface area contributed by atoms with Gasteiger partial charge in [0.05, 0.1) is 22.8 Å². The molecule has 1 unspecified atom stereocenters. The molecule has 0 amide bonds. The van der Waals surface area contributed by atoms with Gasteiger partial charge in [-0.2, -0.15) is 0 Å². The number of anilines is 5. The van der Waals surface area contributed by atoms with E-state index in [2.05, 4.69) is 215 Å². The van der Waals surface area contributed by atoms with Crippen molar-refractivity contribution >= 4 is 117 Å². The summed E-state index contributed by atoms with van der Waals surface area (Å²) in [5.41, 5.74) is 16.9. The summed E-state index contributed by atoms with van der Waals surface area (Å²) in [6.45, 7) is 0.0146. The molecule has 11 aromatic rings. The van der Waals surface area contributed by atoms with Crippen molar-refractivity contribution in [3.63, 3.8) is 0 Å². The summed E-state index contributed by atoms with van der Waals surface area (Å²) in [6, 6.07) is 73.1. The van der Waals surface area contributed by atoms with Crippen LogP contribution in [0.4, 0.5) is 28.4 Å². The maximum atomic E-state index is 2.77. The summed E-state index contributed by atoms with van der Waals surface area (Å²) in [6.07, 6.45) is 3.42. The maximum Gasteiger partial charge on any atom is 0.252 e. The molecule has 1 atom stereocenters. The number of rotatable bonds is 3. The SMILES string of the molecule is C1=c2ccccc2=C2c3c4c(cc5ccccc35)B3c5c(cc(N(c6ccccc6)c6ccccc6)cc5-n5c6ccc7ccccc7c6c6c7ccccc7cc3c65)N4C2C1. The fourth-order valence-electron chi connectivity index (χ4n) is 12.2. The number of benzene rings is 10. The molecule has 1 aromatic heterocycles. The summed E-state index contributed by atoms with van der Waals surface area (Å²) in [5.74, 6) is 0. The number of nitrogens with zero attached hydrogens (tertiary/aromatic N) is 3. The quantitative estimate of drug-likeness (QED) is 0.165. The molecule has 0 spiro atoms. The Balaban J connectivity index is 1.18. The molecule has 0 N–H and O–H groups in total. The lowest BCUT2D eigenvalue weighted by Gasteiger charge is -2.42. The number of hydrogen-bond donors (Lipinski definition) is 0. The highest BCUT2D eigenvalue weighted by Gasteiger charge is 2.49. The molecule has 0 radical (unpaired) electrons. The lowest BCUT2D eigenvalue weighted by molar-refractivity contribution is 0.846. The van der Waals surface area contributed by atoms with Crippen LogP contribution in [0.5, 0.6) is 0 Å². The van der Waals surface area contributed by atoms with Crippen molar-refractivity contribution in [1.29, 1.82) is 0 Å². The third-order valence-electron chi connectivity index (χ3n) is 14.5. The highest BCUT2D eigenvalue weighted by atomic mass is 15.2. The van der Waals surface area contributed by atoms with Crippen LogP contribution in [0.1, 0.15) is 12.0 Å². The predicted molar refractivity (Wildman–Crippen MR) is 262 cm³/mol. The maximum absolute atomic E-state index is 2.77. The second-order valence-electron chi connectivity index (χ2n) is 17.5. The largest absolute Gasteiger partial charge is 0.334 e. The molecule has 0 fully saturated rings. The van der Waals surface area contributed by atoms with Crippen molar-refractivity contribution in [2.24, 2.45) is 0 Å². The van der Waals surface area contributed by atoms with Gasteiger partial charge >= 0.3 is 0 Å². The second-order valence-corrected chi connectivity index (χ2v) is 17.5. The zero-order valence-electron chi connectivity index (χ0n) is 33.8. The Hall–Kier alpha value is -7.82. The van der Waals surface area contributed by atoms with Crippen LogP contribution < -0.4 is 36.6 Å². The van der Waals surface area contributed by atoms with Crippen molar-refractivity contribution in [1.82, 2.24) is 4.57 Å². The number of fused-ring (bicyclic) bond motifs is 17. The standard InChI is InChI=1S/C58H36BN3/c1-3-19-39(20-4-1)60(40-21-5-2-6-22-40)41-33-50-56-51(34-41)62-49-30-28-36-16-8-12-24-43(36)53(49)55-45-26-14-10-18-38(45)32-47(58(55)62)59(56)46-31-37-17-9-13-25-44(37)54-52-42-23-11-7-15-35(42)27-29-48(52)61(50)57(46)54/h1-29,31-34,49H,30H2. The minimum atomic E-state index is 0.0146. The van der Waals surface area contributed by atoms with Crippen LogP contribution in [-0.4, -0.2) is 17.3 Å². The second kappa shape index (κ2) is 11.9. The van der Waals surface area contributed by atoms with Crippen molar-refractivity contribution in [2.75, 3.05) is 9.80 Å². The summed E-state index contributed by atoms with van der Waals surface area (Å²) in [4.78, 5) is 5.23. The zero-order chi connectivity index (χ0) is 40.2. The van der Waals surface area contributed by atoms with E-state index < -0.39 is 0 Å². The molecule has 286 valence electrons. The van der Waals surface area contributed by atoms with Gasteiger partial charge in [-0.15, -0.1) is 0 Å². The van der Waals surface area contributed by atoms with Gasteiger partial charge in [-0.3, -0.25) is 0 Å². The van der Waals surface area contributed by atoms with Gasteiger partial charge in [0.25, 0.3) is 6.71 Å². The molecule has 4 heteroatoms. The molecule has 10 aromatic carbocycles. The first kappa shape index (κ1) is 33.0. The van der Waals surface area contributed by atoms with E-state index in [0.29, 0.717) is 0 Å². The molecule has 1 aliphatic carbocycles. The van der Waals surface area contributed by atoms with Gasteiger partial charge in [0.1, 0.15) is 0 Å². The zero-order valence-corrected chi connectivity index (χ0v) is 33.8. The molecule has 4 aliphatic rings. The molecule has 0 bridgehead atoms. The van der Waals surface area contributed by atoms with Gasteiger partial charge in [0, 0.05) is 44.8 Å². The van der Waals surface area contributed by atoms with Crippen LogP contribution in [0.2, 0.25) is 0 Å². The van der Waals surface area contributed by atoms with Crippen molar-refractivity contribution < 1.29 is 0 Å². The average molecular weight is 786 g/mol. The van der Waals surface area contributed by atoms with E-state index in [1.807, 2.05) is 0 Å². The van der Waals surface area contributed by atoms with Crippen molar-refractivity contribution in [3.05, 3.63) is 210 Å². The first-order valence-electron chi connectivity index (χ1n) is 21.9. The van der Waals surface area contributed by atoms with E-state index in [0.717, 1.165) is 23.5 Å². The first-order chi connectivity index (χ1) is 30.8. The Kier molecular flexibility index (Phi) is 6.34. The molecule has 62 heavy (non-hydrogen) atoms. The predicted octanol–water partition coefficient (Wildman–Crippen LogP) is 10.8. The van der Waals surface area contributed by atoms with E-state index in [1.165, 1.54) is 109 Å². The van der Waals surface area contributed by atoms with Crippen LogP contribution in [0.3, 0.4) is 0 Å². The molecule has 15 rings (SSSR count). The molecular weight excluding hydrogens is 749 g/mol. The minimum absolute atomic E-state index is 0.0146. The monoisotopic (exact) mass is 785 g/mol. The molecule has 4 heterocycles. The van der Waals surface area contributed by atoms with Gasteiger partial charge in [-0.05, 0) is 114 Å². The van der Waals surface area contributed by atoms with Crippen LogP contribution in [0.25, 0.3) is 71.5 Å². The normalized spacial score (nSPS) is 15.2. The summed E-state index contributed by atoms with van der Waals surface area (Å²) < 4.78 is 2.65. The topological polar surface area (TPSA) is 11.4 Å².